The highest BCUT2D eigenvalue weighted by molar-refractivity contribution is 7.99. The van der Waals surface area contributed by atoms with E-state index >= 15 is 0 Å². The number of hydrogen-bond donors (Lipinski definition) is 1. The number of carboxylic acids is 1. The van der Waals surface area contributed by atoms with Crippen molar-refractivity contribution in [3.05, 3.63) is 54.6 Å². The van der Waals surface area contributed by atoms with Gasteiger partial charge in [-0.05, 0) is 47.9 Å². The van der Waals surface area contributed by atoms with Crippen molar-refractivity contribution in [2.24, 2.45) is 0 Å². The number of benzene rings is 2. The highest BCUT2D eigenvalue weighted by Gasteiger charge is 2.02. The van der Waals surface area contributed by atoms with Gasteiger partial charge in [-0.1, -0.05) is 56.2 Å². The highest BCUT2D eigenvalue weighted by atomic mass is 32.2. The largest absolute Gasteiger partial charge is 0.478 e. The standard InChI is InChI=1S/C20H24O2S/c1-16(20(21)22)9-5-3-2-4-8-14-23-19-13-12-17-10-6-7-11-18(17)15-19/h6-7,10-13,15H,1-5,8-9,14H2,(H,21,22). The summed E-state index contributed by atoms with van der Waals surface area (Å²) >= 11 is 1.92. The Balaban J connectivity index is 1.58. The summed E-state index contributed by atoms with van der Waals surface area (Å²) in [7, 11) is 0. The Hall–Kier alpha value is -1.74. The Kier molecular flexibility index (Phi) is 7.21. The summed E-state index contributed by atoms with van der Waals surface area (Å²) in [5.41, 5.74) is 0.330. The van der Waals surface area contributed by atoms with E-state index in [1.54, 1.807) is 0 Å². The van der Waals surface area contributed by atoms with Gasteiger partial charge in [-0.3, -0.25) is 0 Å². The van der Waals surface area contributed by atoms with Crippen LogP contribution in [0.4, 0.5) is 0 Å². The van der Waals surface area contributed by atoms with E-state index in [1.165, 1.54) is 34.9 Å². The topological polar surface area (TPSA) is 37.3 Å². The summed E-state index contributed by atoms with van der Waals surface area (Å²) in [6.45, 7) is 3.55. The minimum Gasteiger partial charge on any atom is -0.478 e. The second kappa shape index (κ2) is 9.41. The molecule has 0 amide bonds. The maximum Gasteiger partial charge on any atom is 0.330 e. The van der Waals surface area contributed by atoms with Crippen LogP contribution in [0.2, 0.25) is 0 Å². The molecule has 0 unspecified atom stereocenters. The van der Waals surface area contributed by atoms with Crippen LogP contribution in [0.3, 0.4) is 0 Å². The Morgan fingerprint density at radius 1 is 0.957 bits per heavy atom. The predicted molar refractivity (Wildman–Crippen MR) is 99.1 cm³/mol. The highest BCUT2D eigenvalue weighted by Crippen LogP contribution is 2.24. The molecule has 2 rings (SSSR count). The van der Waals surface area contributed by atoms with Crippen molar-refractivity contribution in [2.75, 3.05) is 5.75 Å². The van der Waals surface area contributed by atoms with Crippen molar-refractivity contribution in [3.63, 3.8) is 0 Å². The Labute approximate surface area is 142 Å². The summed E-state index contributed by atoms with van der Waals surface area (Å²) in [5.74, 6) is 0.275. The first-order valence-corrected chi connectivity index (χ1v) is 9.18. The van der Waals surface area contributed by atoms with Crippen LogP contribution in [0.1, 0.15) is 38.5 Å². The average Bonchev–Trinajstić information content (AvgIpc) is 2.56. The van der Waals surface area contributed by atoms with Crippen LogP contribution in [-0.4, -0.2) is 16.8 Å². The van der Waals surface area contributed by atoms with Crippen LogP contribution in [-0.2, 0) is 4.79 Å². The number of carbonyl (C=O) groups is 1. The Morgan fingerprint density at radius 3 is 2.43 bits per heavy atom. The third-order valence-electron chi connectivity index (χ3n) is 3.92. The molecule has 2 aromatic carbocycles. The fourth-order valence-corrected chi connectivity index (χ4v) is 3.48. The zero-order valence-corrected chi connectivity index (χ0v) is 14.3. The van der Waals surface area contributed by atoms with Gasteiger partial charge in [-0.25, -0.2) is 4.79 Å². The summed E-state index contributed by atoms with van der Waals surface area (Å²) in [6.07, 6.45) is 6.22. The summed E-state index contributed by atoms with van der Waals surface area (Å²) in [5, 5.41) is 11.3. The molecule has 0 heterocycles. The van der Waals surface area contributed by atoms with E-state index in [0.29, 0.717) is 12.0 Å². The van der Waals surface area contributed by atoms with Gasteiger partial charge in [0.05, 0.1) is 0 Å². The fraction of sp³-hybridized carbons (Fsp3) is 0.350. The Bertz CT molecular complexity index is 663. The summed E-state index contributed by atoms with van der Waals surface area (Å²) in [6, 6.07) is 15.1. The van der Waals surface area contributed by atoms with E-state index in [2.05, 4.69) is 49.0 Å². The van der Waals surface area contributed by atoms with Gasteiger partial charge in [-0.2, -0.15) is 0 Å². The normalized spacial score (nSPS) is 10.8. The van der Waals surface area contributed by atoms with Crippen LogP contribution in [0.15, 0.2) is 59.5 Å². The van der Waals surface area contributed by atoms with Crippen molar-refractivity contribution in [2.45, 2.75) is 43.4 Å². The molecule has 0 saturated carbocycles. The molecule has 0 aromatic heterocycles. The van der Waals surface area contributed by atoms with Gasteiger partial charge >= 0.3 is 5.97 Å². The van der Waals surface area contributed by atoms with Gasteiger partial charge in [0.15, 0.2) is 0 Å². The van der Waals surface area contributed by atoms with Crippen molar-refractivity contribution < 1.29 is 9.90 Å². The van der Waals surface area contributed by atoms with Crippen molar-refractivity contribution >= 4 is 28.5 Å². The molecule has 0 aliphatic heterocycles. The lowest BCUT2D eigenvalue weighted by molar-refractivity contribution is -0.132. The molecule has 1 N–H and O–H groups in total. The molecule has 122 valence electrons. The van der Waals surface area contributed by atoms with Gasteiger partial charge in [0.2, 0.25) is 0 Å². The number of aliphatic carboxylic acids is 1. The first kappa shape index (κ1) is 17.6. The van der Waals surface area contributed by atoms with Crippen LogP contribution < -0.4 is 0 Å². The first-order valence-electron chi connectivity index (χ1n) is 8.19. The Morgan fingerprint density at radius 2 is 1.65 bits per heavy atom. The SMILES string of the molecule is C=C(CCCCCCCSc1ccc2ccccc2c1)C(=O)O. The lowest BCUT2D eigenvalue weighted by Crippen LogP contribution is -1.98. The number of fused-ring (bicyclic) bond motifs is 1. The van der Waals surface area contributed by atoms with Crippen LogP contribution in [0.5, 0.6) is 0 Å². The van der Waals surface area contributed by atoms with E-state index in [9.17, 15) is 4.79 Å². The third kappa shape index (κ3) is 6.11. The predicted octanol–water partition coefficient (Wildman–Crippen LogP) is 5.91. The van der Waals surface area contributed by atoms with Crippen LogP contribution in [0, 0.1) is 0 Å². The monoisotopic (exact) mass is 328 g/mol. The van der Waals surface area contributed by atoms with Gasteiger partial charge < -0.3 is 5.11 Å². The molecule has 0 aliphatic rings. The van der Waals surface area contributed by atoms with Gasteiger partial charge in [-0.15, -0.1) is 11.8 Å². The van der Waals surface area contributed by atoms with E-state index < -0.39 is 5.97 Å². The molecule has 0 radical (unpaired) electrons. The second-order valence-corrected chi connectivity index (χ2v) is 6.95. The number of hydrogen-bond acceptors (Lipinski definition) is 2. The first-order chi connectivity index (χ1) is 11.2. The second-order valence-electron chi connectivity index (χ2n) is 5.78. The van der Waals surface area contributed by atoms with Crippen molar-refractivity contribution in [1.82, 2.24) is 0 Å². The minimum atomic E-state index is -0.864. The van der Waals surface area contributed by atoms with E-state index in [0.717, 1.165) is 18.6 Å². The third-order valence-corrected chi connectivity index (χ3v) is 5.00. The molecule has 2 nitrogen and oxygen atoms in total. The van der Waals surface area contributed by atoms with E-state index in [1.807, 2.05) is 11.8 Å². The molecule has 0 aliphatic carbocycles. The lowest BCUT2D eigenvalue weighted by atomic mass is 10.1. The summed E-state index contributed by atoms with van der Waals surface area (Å²) in [4.78, 5) is 12.0. The number of carboxylic acid groups (broad SMARTS) is 1. The zero-order chi connectivity index (χ0) is 16.5. The quantitative estimate of drug-likeness (QED) is 0.334. The molecule has 0 bridgehead atoms. The maximum atomic E-state index is 10.6. The lowest BCUT2D eigenvalue weighted by Gasteiger charge is -2.04. The zero-order valence-electron chi connectivity index (χ0n) is 13.5. The minimum absolute atomic E-state index is 0.330. The van der Waals surface area contributed by atoms with Gasteiger partial charge in [0, 0.05) is 10.5 Å². The molecule has 2 aromatic rings. The molecule has 0 fully saturated rings. The van der Waals surface area contributed by atoms with Crippen molar-refractivity contribution in [1.29, 1.82) is 0 Å². The molecular formula is C20H24O2S. The van der Waals surface area contributed by atoms with E-state index in [4.69, 9.17) is 5.11 Å². The molecule has 0 saturated heterocycles. The number of rotatable bonds is 10. The molecule has 0 atom stereocenters. The maximum absolute atomic E-state index is 10.6. The average molecular weight is 328 g/mol. The molecule has 23 heavy (non-hydrogen) atoms. The number of unbranched alkanes of at least 4 members (excludes halogenated alkanes) is 4. The number of thioether (sulfide) groups is 1. The molecular weight excluding hydrogens is 304 g/mol. The molecule has 0 spiro atoms. The molecule has 3 heteroatoms. The van der Waals surface area contributed by atoms with Crippen LogP contribution in [0.25, 0.3) is 10.8 Å². The van der Waals surface area contributed by atoms with Crippen molar-refractivity contribution in [3.8, 4) is 0 Å². The van der Waals surface area contributed by atoms with Gasteiger partial charge in [0.25, 0.3) is 0 Å². The van der Waals surface area contributed by atoms with Crippen LogP contribution >= 0.6 is 11.8 Å². The smallest absolute Gasteiger partial charge is 0.330 e. The summed E-state index contributed by atoms with van der Waals surface area (Å²) < 4.78 is 0. The fourth-order valence-electron chi connectivity index (χ4n) is 2.52. The van der Waals surface area contributed by atoms with E-state index in [-0.39, 0.29) is 0 Å². The van der Waals surface area contributed by atoms with Gasteiger partial charge in [0.1, 0.15) is 0 Å².